The number of H-pyrrole nitrogens is 1. The molecule has 27 heavy (non-hydrogen) atoms. The van der Waals surface area contributed by atoms with E-state index in [1.165, 1.54) is 22.9 Å². The highest BCUT2D eigenvalue weighted by Crippen LogP contribution is 2.19. The monoisotopic (exact) mass is 384 g/mol. The van der Waals surface area contributed by atoms with E-state index in [-0.39, 0.29) is 23.7 Å². The summed E-state index contributed by atoms with van der Waals surface area (Å²) >= 11 is 1.42. The second-order valence-corrected chi connectivity index (χ2v) is 7.53. The summed E-state index contributed by atoms with van der Waals surface area (Å²) in [5.41, 5.74) is 2.79. The van der Waals surface area contributed by atoms with Gasteiger partial charge in [-0.2, -0.15) is 4.68 Å². The fraction of sp³-hybridized carbons (Fsp3) is 0.263. The van der Waals surface area contributed by atoms with Crippen molar-refractivity contribution in [1.82, 2.24) is 14.8 Å². The van der Waals surface area contributed by atoms with Crippen LogP contribution in [-0.2, 0) is 11.2 Å². The molecule has 1 aromatic carbocycles. The van der Waals surface area contributed by atoms with Crippen LogP contribution in [0.25, 0.3) is 5.13 Å². The van der Waals surface area contributed by atoms with E-state index in [0.717, 1.165) is 10.6 Å². The Morgan fingerprint density at radius 3 is 2.41 bits per heavy atom. The maximum absolute atomic E-state index is 12.7. The van der Waals surface area contributed by atoms with Crippen LogP contribution in [0.1, 0.15) is 39.1 Å². The lowest BCUT2D eigenvalue weighted by molar-refractivity contribution is -0.115. The zero-order valence-electron chi connectivity index (χ0n) is 15.5. The van der Waals surface area contributed by atoms with Crippen molar-refractivity contribution in [3.8, 4) is 5.13 Å². The number of benzene rings is 1. The van der Waals surface area contributed by atoms with Crippen LogP contribution in [0.15, 0.2) is 29.1 Å². The largest absolute Gasteiger partial charge is 0.326 e. The molecule has 0 unspecified atom stereocenters. The van der Waals surface area contributed by atoms with Crippen molar-refractivity contribution in [2.75, 3.05) is 5.32 Å². The number of nitrogens with one attached hydrogen (secondary N) is 2. The van der Waals surface area contributed by atoms with Gasteiger partial charge in [-0.1, -0.05) is 11.3 Å². The molecule has 1 amide bonds. The van der Waals surface area contributed by atoms with Gasteiger partial charge in [0.15, 0.2) is 5.78 Å². The molecule has 8 heteroatoms. The van der Waals surface area contributed by atoms with Gasteiger partial charge in [-0.3, -0.25) is 19.5 Å². The van der Waals surface area contributed by atoms with E-state index < -0.39 is 0 Å². The first kappa shape index (κ1) is 18.8. The van der Waals surface area contributed by atoms with E-state index in [1.54, 1.807) is 31.2 Å². The van der Waals surface area contributed by atoms with Gasteiger partial charge in [-0.25, -0.2) is 4.98 Å². The number of hydrogen-bond donors (Lipinski definition) is 2. The average Bonchev–Trinajstić information content (AvgIpc) is 3.09. The number of amides is 1. The van der Waals surface area contributed by atoms with E-state index in [0.29, 0.717) is 27.6 Å². The van der Waals surface area contributed by atoms with Crippen LogP contribution in [0.2, 0.25) is 0 Å². The first-order valence-corrected chi connectivity index (χ1v) is 9.23. The Bertz CT molecular complexity index is 1050. The summed E-state index contributed by atoms with van der Waals surface area (Å²) in [6, 6.07) is 6.63. The molecular formula is C19H20N4O3S. The molecule has 2 aromatic heterocycles. The van der Waals surface area contributed by atoms with Crippen molar-refractivity contribution < 1.29 is 9.59 Å². The van der Waals surface area contributed by atoms with Gasteiger partial charge in [0.05, 0.1) is 12.1 Å². The zero-order valence-corrected chi connectivity index (χ0v) is 16.4. The number of thiazole rings is 1. The molecule has 3 rings (SSSR count). The minimum absolute atomic E-state index is 0.0379. The number of aromatic nitrogens is 3. The smallest absolute Gasteiger partial charge is 0.277 e. The van der Waals surface area contributed by atoms with E-state index in [4.69, 9.17) is 0 Å². The normalized spacial score (nSPS) is 10.8. The third-order valence-corrected chi connectivity index (χ3v) is 5.37. The molecule has 140 valence electrons. The van der Waals surface area contributed by atoms with Crippen LogP contribution in [0.5, 0.6) is 0 Å². The molecule has 0 aliphatic rings. The SMILES string of the molecule is CC(=O)c1ccc(NC(=O)Cc2c(C)[nH]n(-c3nc(C)c(C)s3)c2=O)cc1. The zero-order chi connectivity index (χ0) is 19.7. The van der Waals surface area contributed by atoms with Crippen LogP contribution < -0.4 is 10.9 Å². The van der Waals surface area contributed by atoms with Crippen molar-refractivity contribution in [1.29, 1.82) is 0 Å². The second-order valence-electron chi connectivity index (χ2n) is 6.35. The Morgan fingerprint density at radius 2 is 1.85 bits per heavy atom. The van der Waals surface area contributed by atoms with Crippen molar-refractivity contribution >= 4 is 28.7 Å². The van der Waals surface area contributed by atoms with Crippen molar-refractivity contribution in [3.05, 3.63) is 62.0 Å². The molecule has 0 aliphatic heterocycles. The predicted octanol–water partition coefficient (Wildman–Crippen LogP) is 2.93. The van der Waals surface area contributed by atoms with Gasteiger partial charge < -0.3 is 5.32 Å². The number of anilines is 1. The molecule has 0 bridgehead atoms. The standard InChI is InChI=1S/C19H20N4O3S/c1-10-13(4)27-19(20-10)23-18(26)16(11(2)22-23)9-17(25)21-15-7-5-14(6-8-15)12(3)24/h5-8,22H,9H2,1-4H3,(H,21,25). The summed E-state index contributed by atoms with van der Waals surface area (Å²) in [6.45, 7) is 7.08. The minimum Gasteiger partial charge on any atom is -0.326 e. The summed E-state index contributed by atoms with van der Waals surface area (Å²) in [5, 5.41) is 6.30. The van der Waals surface area contributed by atoms with Gasteiger partial charge in [-0.05, 0) is 52.0 Å². The lowest BCUT2D eigenvalue weighted by Gasteiger charge is -2.05. The van der Waals surface area contributed by atoms with Crippen molar-refractivity contribution in [2.24, 2.45) is 0 Å². The number of hydrogen-bond acceptors (Lipinski definition) is 5. The minimum atomic E-state index is -0.302. The third-order valence-electron chi connectivity index (χ3n) is 4.31. The number of carbonyl (C=O) groups excluding carboxylic acids is 2. The highest BCUT2D eigenvalue weighted by atomic mass is 32.1. The Hall–Kier alpha value is -3.00. The van der Waals surface area contributed by atoms with Crippen LogP contribution >= 0.6 is 11.3 Å². The number of carbonyl (C=O) groups is 2. The molecule has 0 saturated heterocycles. The van der Waals surface area contributed by atoms with E-state index in [9.17, 15) is 14.4 Å². The van der Waals surface area contributed by atoms with Crippen LogP contribution in [-0.4, -0.2) is 26.5 Å². The van der Waals surface area contributed by atoms with Crippen molar-refractivity contribution in [3.63, 3.8) is 0 Å². The molecule has 0 radical (unpaired) electrons. The molecule has 3 aromatic rings. The third kappa shape index (κ3) is 3.90. The van der Waals surface area contributed by atoms with Gasteiger partial charge in [0.1, 0.15) is 0 Å². The summed E-state index contributed by atoms with van der Waals surface area (Å²) in [7, 11) is 0. The lowest BCUT2D eigenvalue weighted by Crippen LogP contribution is -2.22. The molecule has 0 saturated carbocycles. The van der Waals surface area contributed by atoms with Gasteiger partial charge in [0.25, 0.3) is 5.56 Å². The fourth-order valence-electron chi connectivity index (χ4n) is 2.63. The summed E-state index contributed by atoms with van der Waals surface area (Å²) in [5.74, 6) is -0.340. The number of rotatable bonds is 5. The maximum Gasteiger partial charge on any atom is 0.277 e. The van der Waals surface area contributed by atoms with Gasteiger partial charge in [-0.15, -0.1) is 0 Å². The van der Waals surface area contributed by atoms with Gasteiger partial charge in [0.2, 0.25) is 11.0 Å². The predicted molar refractivity (Wildman–Crippen MR) is 105 cm³/mol. The van der Waals surface area contributed by atoms with E-state index in [2.05, 4.69) is 15.4 Å². The molecule has 0 atom stereocenters. The number of aromatic amines is 1. The topological polar surface area (TPSA) is 96.8 Å². The molecule has 2 N–H and O–H groups in total. The molecule has 0 spiro atoms. The average molecular weight is 384 g/mol. The molecular weight excluding hydrogens is 364 g/mol. The highest BCUT2D eigenvalue weighted by Gasteiger charge is 2.18. The van der Waals surface area contributed by atoms with Gasteiger partial charge in [0, 0.05) is 27.4 Å². The highest BCUT2D eigenvalue weighted by molar-refractivity contribution is 7.14. The number of aryl methyl sites for hydroxylation is 3. The van der Waals surface area contributed by atoms with E-state index >= 15 is 0 Å². The first-order chi connectivity index (χ1) is 12.8. The maximum atomic E-state index is 12.7. The van der Waals surface area contributed by atoms with Crippen LogP contribution in [0.4, 0.5) is 5.69 Å². The van der Waals surface area contributed by atoms with Crippen LogP contribution in [0, 0.1) is 20.8 Å². The Morgan fingerprint density at radius 1 is 1.19 bits per heavy atom. The Balaban J connectivity index is 1.78. The molecule has 2 heterocycles. The number of Topliss-reactive ketones (excluding diaryl/α,β-unsaturated/α-hetero) is 1. The Kier molecular flexibility index (Phi) is 5.09. The lowest BCUT2D eigenvalue weighted by atomic mass is 10.1. The van der Waals surface area contributed by atoms with E-state index in [1.807, 2.05) is 13.8 Å². The number of ketones is 1. The Labute approximate surface area is 160 Å². The van der Waals surface area contributed by atoms with Gasteiger partial charge >= 0.3 is 0 Å². The molecule has 0 fully saturated rings. The summed E-state index contributed by atoms with van der Waals surface area (Å²) in [6.07, 6.45) is -0.0496. The molecule has 0 aliphatic carbocycles. The summed E-state index contributed by atoms with van der Waals surface area (Å²) in [4.78, 5) is 41.8. The van der Waals surface area contributed by atoms with Crippen molar-refractivity contribution in [2.45, 2.75) is 34.1 Å². The summed E-state index contributed by atoms with van der Waals surface area (Å²) < 4.78 is 1.38. The quantitative estimate of drug-likeness (QED) is 0.661. The van der Waals surface area contributed by atoms with Crippen LogP contribution in [0.3, 0.4) is 0 Å². The molecule has 7 nitrogen and oxygen atoms in total. The second kappa shape index (κ2) is 7.32. The number of nitrogens with zero attached hydrogens (tertiary/aromatic N) is 2. The fourth-order valence-corrected chi connectivity index (χ4v) is 3.50. The first-order valence-electron chi connectivity index (χ1n) is 8.42.